The summed E-state index contributed by atoms with van der Waals surface area (Å²) < 4.78 is 2.00. The number of aliphatic carboxylic acids is 1. The maximum Gasteiger partial charge on any atom is 0.309 e. The highest BCUT2D eigenvalue weighted by atomic mass is 79.9. The summed E-state index contributed by atoms with van der Waals surface area (Å²) in [5, 5.41) is 26.8. The van der Waals surface area contributed by atoms with Crippen LogP contribution >= 0.6 is 15.9 Å². The molecule has 0 unspecified atom stereocenters. The fourth-order valence-corrected chi connectivity index (χ4v) is 1.82. The Bertz CT molecular complexity index is 636. The van der Waals surface area contributed by atoms with Crippen LogP contribution in [0.1, 0.15) is 16.2 Å². The van der Waals surface area contributed by atoms with Crippen molar-refractivity contribution < 1.29 is 19.8 Å². The lowest BCUT2D eigenvalue weighted by Gasteiger charge is -2.06. The van der Waals surface area contributed by atoms with Crippen LogP contribution in [0.15, 0.2) is 28.7 Å². The first kappa shape index (κ1) is 13.2. The Balaban J connectivity index is 2.53. The number of hydrogen-bond donors (Lipinski definition) is 1. The van der Waals surface area contributed by atoms with Crippen molar-refractivity contribution in [1.29, 1.82) is 0 Å². The third-order valence-corrected chi connectivity index (χ3v) is 2.88. The molecule has 8 heteroatoms. The molecular weight excluding hydrogens is 318 g/mol. The van der Waals surface area contributed by atoms with Gasteiger partial charge in [-0.25, -0.2) is 4.68 Å². The molecular formula is C11H7BrN3O4-. The topological polar surface area (TPSA) is 108 Å². The van der Waals surface area contributed by atoms with Gasteiger partial charge in [-0.2, -0.15) is 0 Å². The molecule has 0 aliphatic rings. The van der Waals surface area contributed by atoms with Gasteiger partial charge in [0.25, 0.3) is 0 Å². The third-order valence-electron chi connectivity index (χ3n) is 2.35. The van der Waals surface area contributed by atoms with Crippen LogP contribution in [-0.2, 0) is 11.2 Å². The number of nitrogens with zero attached hydrogens (tertiary/aromatic N) is 3. The van der Waals surface area contributed by atoms with Crippen LogP contribution in [0.3, 0.4) is 0 Å². The van der Waals surface area contributed by atoms with Gasteiger partial charge < -0.3 is 15.0 Å². The second kappa shape index (κ2) is 5.19. The summed E-state index contributed by atoms with van der Waals surface area (Å²) in [6.45, 7) is 0. The number of benzene rings is 1. The number of hydrogen-bond acceptors (Lipinski definition) is 5. The van der Waals surface area contributed by atoms with Crippen LogP contribution in [0, 0.1) is 0 Å². The van der Waals surface area contributed by atoms with E-state index in [1.54, 1.807) is 24.3 Å². The number of carbonyl (C=O) groups excluding carboxylic acids is 1. The Morgan fingerprint density at radius 1 is 1.32 bits per heavy atom. The largest absolute Gasteiger partial charge is 0.543 e. The van der Waals surface area contributed by atoms with Gasteiger partial charge in [0.1, 0.15) is 5.69 Å². The molecule has 0 saturated heterocycles. The Hall–Kier alpha value is -2.22. The van der Waals surface area contributed by atoms with Crippen molar-refractivity contribution in [2.75, 3.05) is 0 Å². The molecule has 0 bridgehead atoms. The summed E-state index contributed by atoms with van der Waals surface area (Å²) in [6, 6.07) is 6.76. The van der Waals surface area contributed by atoms with Crippen LogP contribution in [-0.4, -0.2) is 32.0 Å². The number of aromatic nitrogens is 3. The predicted octanol–water partition coefficient (Wildman–Crippen LogP) is 0.0204. The van der Waals surface area contributed by atoms with Crippen LogP contribution in [0.5, 0.6) is 0 Å². The summed E-state index contributed by atoms with van der Waals surface area (Å²) in [4.78, 5) is 21.7. The summed E-state index contributed by atoms with van der Waals surface area (Å²) >= 11 is 3.26. The van der Waals surface area contributed by atoms with Crippen molar-refractivity contribution in [3.05, 3.63) is 40.1 Å². The fraction of sp³-hybridized carbons (Fsp3) is 0.0909. The van der Waals surface area contributed by atoms with Gasteiger partial charge in [-0.05, 0) is 24.3 Å². The standard InChI is InChI=1S/C11H8BrN3O4/c12-6-1-3-7(4-2-6)15-8(5-9(16)17)10(11(18)19)13-14-15/h1-4H,5H2,(H,16,17)(H,18,19)/p-1. The molecule has 2 aromatic rings. The average Bonchev–Trinajstić information content (AvgIpc) is 2.73. The molecule has 1 N–H and O–H groups in total. The lowest BCUT2D eigenvalue weighted by Crippen LogP contribution is -2.25. The Labute approximate surface area is 115 Å². The van der Waals surface area contributed by atoms with E-state index >= 15 is 0 Å². The van der Waals surface area contributed by atoms with Crippen molar-refractivity contribution >= 4 is 27.9 Å². The SMILES string of the molecule is O=C(O)Cc1c(C(=O)[O-])nnn1-c1ccc(Br)cc1. The van der Waals surface area contributed by atoms with Crippen LogP contribution in [0.25, 0.3) is 5.69 Å². The number of carboxylic acids is 2. The third kappa shape index (κ3) is 2.79. The molecule has 0 amide bonds. The van der Waals surface area contributed by atoms with E-state index in [9.17, 15) is 14.7 Å². The van der Waals surface area contributed by atoms with Gasteiger partial charge >= 0.3 is 5.97 Å². The van der Waals surface area contributed by atoms with E-state index < -0.39 is 24.1 Å². The Morgan fingerprint density at radius 2 is 1.95 bits per heavy atom. The normalized spacial score (nSPS) is 10.4. The molecule has 1 aromatic heterocycles. The van der Waals surface area contributed by atoms with Crippen molar-refractivity contribution in [1.82, 2.24) is 15.0 Å². The molecule has 0 spiro atoms. The number of aromatic carboxylic acids is 1. The van der Waals surface area contributed by atoms with Crippen molar-refractivity contribution in [2.45, 2.75) is 6.42 Å². The molecule has 19 heavy (non-hydrogen) atoms. The first-order valence-corrected chi connectivity index (χ1v) is 5.92. The van der Waals surface area contributed by atoms with Crippen molar-refractivity contribution in [3.8, 4) is 5.69 Å². The summed E-state index contributed by atoms with van der Waals surface area (Å²) in [5.74, 6) is -2.73. The monoisotopic (exact) mass is 324 g/mol. The van der Waals surface area contributed by atoms with Gasteiger partial charge in [-0.15, -0.1) is 5.10 Å². The van der Waals surface area contributed by atoms with E-state index in [-0.39, 0.29) is 5.69 Å². The van der Waals surface area contributed by atoms with Gasteiger partial charge in [0.2, 0.25) is 0 Å². The number of carbonyl (C=O) groups is 2. The minimum absolute atomic E-state index is 0.0326. The highest BCUT2D eigenvalue weighted by Gasteiger charge is 2.17. The van der Waals surface area contributed by atoms with Gasteiger partial charge in [0.05, 0.1) is 23.8 Å². The maximum absolute atomic E-state index is 10.9. The molecule has 7 nitrogen and oxygen atoms in total. The number of carboxylic acid groups (broad SMARTS) is 2. The minimum Gasteiger partial charge on any atom is -0.543 e. The summed E-state index contributed by atoms with van der Waals surface area (Å²) in [6.07, 6.45) is -0.508. The molecule has 0 aliphatic carbocycles. The molecule has 0 fully saturated rings. The molecule has 1 heterocycles. The zero-order valence-electron chi connectivity index (χ0n) is 9.41. The van der Waals surface area contributed by atoms with Crippen LogP contribution < -0.4 is 5.11 Å². The van der Waals surface area contributed by atoms with Crippen molar-refractivity contribution in [3.63, 3.8) is 0 Å². The average molecular weight is 325 g/mol. The molecule has 1 aromatic carbocycles. The van der Waals surface area contributed by atoms with Gasteiger partial charge in [-0.3, -0.25) is 4.79 Å². The molecule has 0 atom stereocenters. The highest BCUT2D eigenvalue weighted by Crippen LogP contribution is 2.16. The van der Waals surface area contributed by atoms with Crippen LogP contribution in [0.4, 0.5) is 0 Å². The Morgan fingerprint density at radius 3 is 2.47 bits per heavy atom. The van der Waals surface area contributed by atoms with Gasteiger partial charge in [0, 0.05) is 4.47 Å². The van der Waals surface area contributed by atoms with Gasteiger partial charge in [-0.1, -0.05) is 21.1 Å². The minimum atomic E-state index is -1.56. The molecule has 0 aliphatic heterocycles. The first-order valence-electron chi connectivity index (χ1n) is 5.12. The number of rotatable bonds is 4. The summed E-state index contributed by atoms with van der Waals surface area (Å²) in [5.41, 5.74) is 0.0135. The molecule has 0 saturated carbocycles. The smallest absolute Gasteiger partial charge is 0.309 e. The lowest BCUT2D eigenvalue weighted by molar-refractivity contribution is -0.255. The maximum atomic E-state index is 10.9. The van der Waals surface area contributed by atoms with Crippen LogP contribution in [0.2, 0.25) is 0 Å². The Kier molecular flexibility index (Phi) is 3.61. The summed E-state index contributed by atoms with van der Waals surface area (Å²) in [7, 11) is 0. The fourth-order valence-electron chi connectivity index (χ4n) is 1.55. The van der Waals surface area contributed by atoms with E-state index in [1.165, 1.54) is 4.68 Å². The second-order valence-corrected chi connectivity index (χ2v) is 4.55. The first-order chi connectivity index (χ1) is 8.99. The quantitative estimate of drug-likeness (QED) is 0.849. The van der Waals surface area contributed by atoms with E-state index in [1.807, 2.05) is 0 Å². The van der Waals surface area contributed by atoms with E-state index in [0.29, 0.717) is 5.69 Å². The van der Waals surface area contributed by atoms with E-state index in [4.69, 9.17) is 5.11 Å². The zero-order chi connectivity index (χ0) is 14.0. The molecule has 0 radical (unpaired) electrons. The zero-order valence-corrected chi connectivity index (χ0v) is 11.0. The van der Waals surface area contributed by atoms with E-state index in [0.717, 1.165) is 4.47 Å². The second-order valence-electron chi connectivity index (χ2n) is 3.63. The molecule has 98 valence electrons. The van der Waals surface area contributed by atoms with E-state index in [2.05, 4.69) is 26.2 Å². The van der Waals surface area contributed by atoms with Crippen molar-refractivity contribution in [2.24, 2.45) is 0 Å². The van der Waals surface area contributed by atoms with Gasteiger partial charge in [0.15, 0.2) is 0 Å². The number of halogens is 1. The lowest BCUT2D eigenvalue weighted by atomic mass is 10.2. The molecule has 2 rings (SSSR count). The predicted molar refractivity (Wildman–Crippen MR) is 64.7 cm³/mol. The highest BCUT2D eigenvalue weighted by molar-refractivity contribution is 9.10.